The van der Waals surface area contributed by atoms with Gasteiger partial charge >= 0.3 is 0 Å². The minimum Gasteiger partial charge on any atom is -0.272 e. The van der Waals surface area contributed by atoms with E-state index in [1.807, 2.05) is 13.8 Å². The average molecular weight is 204 g/mol. The van der Waals surface area contributed by atoms with Crippen LogP contribution < -0.4 is 5.01 Å². The lowest BCUT2D eigenvalue weighted by atomic mass is 10.1. The van der Waals surface area contributed by atoms with Crippen LogP contribution in [0.4, 0.5) is 5.82 Å². The van der Waals surface area contributed by atoms with Crippen LogP contribution in [0.3, 0.4) is 0 Å². The van der Waals surface area contributed by atoms with E-state index < -0.39 is 0 Å². The van der Waals surface area contributed by atoms with E-state index in [1.165, 1.54) is 11.3 Å². The van der Waals surface area contributed by atoms with Crippen molar-refractivity contribution < 1.29 is 4.79 Å². The topological polar surface area (TPSA) is 58.5 Å². The summed E-state index contributed by atoms with van der Waals surface area (Å²) in [6.45, 7) is 4.05. The standard InChI is InChI=1S/C10H12N4O/c1-7(2)8-5-10(15)14(13-8)9-3-4-11-6-12-9/h3-4,6-7H,5H2,1-2H3. The molecule has 5 heteroatoms. The van der Waals surface area contributed by atoms with Crippen molar-refractivity contribution in [3.05, 3.63) is 18.6 Å². The smallest absolute Gasteiger partial charge is 0.254 e. The molecule has 78 valence electrons. The molecular weight excluding hydrogens is 192 g/mol. The van der Waals surface area contributed by atoms with Gasteiger partial charge in [-0.2, -0.15) is 10.1 Å². The number of carbonyl (C=O) groups excluding carboxylic acids is 1. The molecule has 0 unspecified atom stereocenters. The lowest BCUT2D eigenvalue weighted by molar-refractivity contribution is -0.117. The van der Waals surface area contributed by atoms with E-state index in [1.54, 1.807) is 12.3 Å². The van der Waals surface area contributed by atoms with Gasteiger partial charge in [-0.15, -0.1) is 0 Å². The zero-order chi connectivity index (χ0) is 10.8. The molecule has 0 aliphatic carbocycles. The van der Waals surface area contributed by atoms with Gasteiger partial charge < -0.3 is 0 Å². The van der Waals surface area contributed by atoms with E-state index >= 15 is 0 Å². The molecule has 1 amide bonds. The average Bonchev–Trinajstić information content (AvgIpc) is 2.62. The Bertz CT molecular complexity index is 399. The highest BCUT2D eigenvalue weighted by Crippen LogP contribution is 2.19. The molecule has 15 heavy (non-hydrogen) atoms. The Morgan fingerprint density at radius 3 is 2.80 bits per heavy atom. The second-order valence-corrected chi connectivity index (χ2v) is 3.70. The number of hydrogen-bond acceptors (Lipinski definition) is 4. The Kier molecular flexibility index (Phi) is 2.45. The molecule has 1 aromatic heterocycles. The van der Waals surface area contributed by atoms with Crippen LogP contribution in [0, 0.1) is 5.92 Å². The number of aromatic nitrogens is 2. The monoisotopic (exact) mass is 204 g/mol. The number of anilines is 1. The summed E-state index contributed by atoms with van der Waals surface area (Å²) in [6.07, 6.45) is 3.39. The molecule has 0 aromatic carbocycles. The summed E-state index contributed by atoms with van der Waals surface area (Å²) in [5, 5.41) is 5.59. The fourth-order valence-electron chi connectivity index (χ4n) is 1.36. The van der Waals surface area contributed by atoms with E-state index in [0.717, 1.165) is 5.71 Å². The third-order valence-corrected chi connectivity index (χ3v) is 2.25. The Balaban J connectivity index is 2.28. The first-order valence-electron chi connectivity index (χ1n) is 4.85. The Morgan fingerprint density at radius 1 is 1.47 bits per heavy atom. The third kappa shape index (κ3) is 1.86. The fraction of sp³-hybridized carbons (Fsp3) is 0.400. The summed E-state index contributed by atoms with van der Waals surface area (Å²) in [7, 11) is 0. The molecule has 2 heterocycles. The number of rotatable bonds is 2. The lowest BCUT2D eigenvalue weighted by Crippen LogP contribution is -2.20. The van der Waals surface area contributed by atoms with Gasteiger partial charge in [-0.05, 0) is 5.92 Å². The number of hydrazone groups is 1. The van der Waals surface area contributed by atoms with Gasteiger partial charge in [0.1, 0.15) is 6.33 Å². The van der Waals surface area contributed by atoms with Crippen LogP contribution in [0.2, 0.25) is 0 Å². The van der Waals surface area contributed by atoms with Crippen LogP contribution in [0.1, 0.15) is 20.3 Å². The second kappa shape index (κ2) is 3.76. The minimum absolute atomic E-state index is 0.0302. The van der Waals surface area contributed by atoms with Crippen molar-refractivity contribution in [3.63, 3.8) is 0 Å². The first kappa shape index (κ1) is 9.76. The highest BCUT2D eigenvalue weighted by atomic mass is 16.2. The molecule has 2 rings (SSSR count). The summed E-state index contributed by atoms with van der Waals surface area (Å²) in [6, 6.07) is 1.67. The van der Waals surface area contributed by atoms with Crippen LogP contribution in [-0.4, -0.2) is 21.6 Å². The highest BCUT2D eigenvalue weighted by Gasteiger charge is 2.27. The van der Waals surface area contributed by atoms with E-state index in [0.29, 0.717) is 18.2 Å². The van der Waals surface area contributed by atoms with Gasteiger partial charge in [0.15, 0.2) is 5.82 Å². The van der Waals surface area contributed by atoms with Crippen molar-refractivity contribution in [2.45, 2.75) is 20.3 Å². The Hall–Kier alpha value is -1.78. The highest BCUT2D eigenvalue weighted by molar-refractivity contribution is 6.13. The van der Waals surface area contributed by atoms with Crippen LogP contribution in [-0.2, 0) is 4.79 Å². The lowest BCUT2D eigenvalue weighted by Gasteiger charge is -2.08. The maximum absolute atomic E-state index is 11.6. The number of hydrogen-bond donors (Lipinski definition) is 0. The van der Waals surface area contributed by atoms with E-state index in [-0.39, 0.29) is 5.91 Å². The molecule has 5 nitrogen and oxygen atoms in total. The summed E-state index contributed by atoms with van der Waals surface area (Å²) in [5.41, 5.74) is 0.901. The number of amides is 1. The Morgan fingerprint density at radius 2 is 2.27 bits per heavy atom. The first-order chi connectivity index (χ1) is 7.18. The van der Waals surface area contributed by atoms with Crippen molar-refractivity contribution in [2.24, 2.45) is 11.0 Å². The van der Waals surface area contributed by atoms with Gasteiger partial charge in [0.2, 0.25) is 0 Å². The maximum atomic E-state index is 11.6. The summed E-state index contributed by atoms with van der Waals surface area (Å²) < 4.78 is 0. The molecule has 0 N–H and O–H groups in total. The molecule has 0 saturated heterocycles. The van der Waals surface area contributed by atoms with Gasteiger partial charge in [0.25, 0.3) is 5.91 Å². The fourth-order valence-corrected chi connectivity index (χ4v) is 1.36. The molecule has 1 aliphatic heterocycles. The van der Waals surface area contributed by atoms with Crippen molar-refractivity contribution in [3.8, 4) is 0 Å². The van der Waals surface area contributed by atoms with Gasteiger partial charge in [0.05, 0.1) is 12.1 Å². The zero-order valence-electron chi connectivity index (χ0n) is 8.71. The van der Waals surface area contributed by atoms with Crippen molar-refractivity contribution in [2.75, 3.05) is 5.01 Å². The van der Waals surface area contributed by atoms with Crippen molar-refractivity contribution >= 4 is 17.4 Å². The summed E-state index contributed by atoms with van der Waals surface area (Å²) >= 11 is 0. The molecule has 1 aromatic rings. The molecule has 0 fully saturated rings. The SMILES string of the molecule is CC(C)C1=NN(c2ccncn2)C(=O)C1. The third-order valence-electron chi connectivity index (χ3n) is 2.25. The summed E-state index contributed by atoms with van der Waals surface area (Å²) in [5.74, 6) is 0.795. The molecule has 0 spiro atoms. The van der Waals surface area contributed by atoms with Crippen molar-refractivity contribution in [1.82, 2.24) is 9.97 Å². The second-order valence-electron chi connectivity index (χ2n) is 3.70. The van der Waals surface area contributed by atoms with Gasteiger partial charge in [-0.25, -0.2) is 9.97 Å². The number of nitrogens with zero attached hydrogens (tertiary/aromatic N) is 4. The molecule has 1 aliphatic rings. The predicted molar refractivity (Wildman–Crippen MR) is 56.4 cm³/mol. The molecule has 0 saturated carbocycles. The molecule has 0 atom stereocenters. The first-order valence-corrected chi connectivity index (χ1v) is 4.85. The maximum Gasteiger partial charge on any atom is 0.254 e. The van der Waals surface area contributed by atoms with Crippen LogP contribution in [0.5, 0.6) is 0 Å². The van der Waals surface area contributed by atoms with E-state index in [9.17, 15) is 4.79 Å². The molecule has 0 radical (unpaired) electrons. The predicted octanol–water partition coefficient (Wildman–Crippen LogP) is 1.23. The van der Waals surface area contributed by atoms with Gasteiger partial charge in [-0.1, -0.05) is 13.8 Å². The van der Waals surface area contributed by atoms with Gasteiger partial charge in [0, 0.05) is 12.3 Å². The Labute approximate surface area is 87.8 Å². The van der Waals surface area contributed by atoms with E-state index in [4.69, 9.17) is 0 Å². The molecule has 0 bridgehead atoms. The zero-order valence-corrected chi connectivity index (χ0v) is 8.71. The largest absolute Gasteiger partial charge is 0.272 e. The normalized spacial score (nSPS) is 16.1. The number of carbonyl (C=O) groups is 1. The van der Waals surface area contributed by atoms with Crippen LogP contribution >= 0.6 is 0 Å². The van der Waals surface area contributed by atoms with Crippen LogP contribution in [0.15, 0.2) is 23.7 Å². The van der Waals surface area contributed by atoms with Crippen LogP contribution in [0.25, 0.3) is 0 Å². The minimum atomic E-state index is -0.0302. The summed E-state index contributed by atoms with van der Waals surface area (Å²) in [4.78, 5) is 19.4. The quantitative estimate of drug-likeness (QED) is 0.727. The van der Waals surface area contributed by atoms with Crippen molar-refractivity contribution in [1.29, 1.82) is 0 Å². The van der Waals surface area contributed by atoms with E-state index in [2.05, 4.69) is 15.1 Å². The molecular formula is C10H12N4O. The van der Waals surface area contributed by atoms with Gasteiger partial charge in [-0.3, -0.25) is 4.79 Å².